The number of carboxylic acid groups (broad SMARTS) is 1. The van der Waals surface area contributed by atoms with Gasteiger partial charge in [-0.15, -0.1) is 0 Å². The average molecular weight is 399 g/mol. The van der Waals surface area contributed by atoms with E-state index in [-0.39, 0.29) is 12.3 Å². The first-order chi connectivity index (χ1) is 10.7. The van der Waals surface area contributed by atoms with Crippen molar-refractivity contribution >= 4 is 56.9 Å². The van der Waals surface area contributed by atoms with E-state index in [0.29, 0.717) is 33.5 Å². The highest BCUT2D eigenvalue weighted by atomic mass is 35.5. The molecular weight excluding hydrogens is 385 g/mol. The summed E-state index contributed by atoms with van der Waals surface area (Å²) in [6.07, 6.45) is 3.81. The van der Waals surface area contributed by atoms with Crippen molar-refractivity contribution in [2.75, 3.05) is 12.3 Å². The van der Waals surface area contributed by atoms with E-state index in [1.807, 2.05) is 0 Å². The Morgan fingerprint density at radius 3 is 2.57 bits per heavy atom. The second kappa shape index (κ2) is 7.40. The maximum Gasteiger partial charge on any atom is 0.322 e. The van der Waals surface area contributed by atoms with Crippen molar-refractivity contribution in [2.45, 2.75) is 18.9 Å². The molecule has 0 aromatic heterocycles. The van der Waals surface area contributed by atoms with Crippen molar-refractivity contribution < 1.29 is 18.3 Å². The summed E-state index contributed by atoms with van der Waals surface area (Å²) in [5, 5.41) is 10.0. The van der Waals surface area contributed by atoms with Crippen molar-refractivity contribution in [2.24, 2.45) is 0 Å². The van der Waals surface area contributed by atoms with Crippen LogP contribution in [0, 0.1) is 0 Å². The van der Waals surface area contributed by atoms with Gasteiger partial charge in [-0.05, 0) is 30.5 Å². The highest BCUT2D eigenvalue weighted by Gasteiger charge is 2.37. The molecular formula is C14H14Cl3NO4S. The minimum atomic E-state index is -3.69. The van der Waals surface area contributed by atoms with Gasteiger partial charge in [-0.1, -0.05) is 47.0 Å². The third kappa shape index (κ3) is 4.39. The zero-order valence-corrected chi connectivity index (χ0v) is 15.0. The SMILES string of the molecule is O=C(O)[C@@H]1CCCN1S(=O)(=O)CC=Cc1cc(Cl)c(Cl)cc1Cl. The van der Waals surface area contributed by atoms with Crippen LogP contribution in [0.1, 0.15) is 18.4 Å². The molecule has 1 saturated heterocycles. The summed E-state index contributed by atoms with van der Waals surface area (Å²) in [4.78, 5) is 11.1. The minimum absolute atomic E-state index is 0.223. The molecule has 0 aliphatic carbocycles. The van der Waals surface area contributed by atoms with Crippen LogP contribution in [0.5, 0.6) is 0 Å². The van der Waals surface area contributed by atoms with E-state index in [2.05, 4.69) is 0 Å². The van der Waals surface area contributed by atoms with E-state index in [4.69, 9.17) is 39.9 Å². The van der Waals surface area contributed by atoms with Gasteiger partial charge in [-0.3, -0.25) is 4.79 Å². The van der Waals surface area contributed by atoms with Crippen LogP contribution in [0.15, 0.2) is 18.2 Å². The Labute approximate surface area is 149 Å². The molecule has 2 rings (SSSR count). The molecule has 1 atom stereocenters. The predicted molar refractivity (Wildman–Crippen MR) is 91.7 cm³/mol. The van der Waals surface area contributed by atoms with E-state index in [1.165, 1.54) is 24.3 Å². The Bertz CT molecular complexity index is 749. The van der Waals surface area contributed by atoms with Gasteiger partial charge in [0, 0.05) is 11.6 Å². The molecule has 1 aromatic carbocycles. The predicted octanol–water partition coefficient (Wildman–Crippen LogP) is 3.54. The van der Waals surface area contributed by atoms with Gasteiger partial charge in [0.05, 0.1) is 15.8 Å². The van der Waals surface area contributed by atoms with Gasteiger partial charge >= 0.3 is 5.97 Å². The molecule has 0 spiro atoms. The third-order valence-electron chi connectivity index (χ3n) is 3.49. The van der Waals surface area contributed by atoms with Crippen molar-refractivity contribution in [3.8, 4) is 0 Å². The number of sulfonamides is 1. The summed E-state index contributed by atoms with van der Waals surface area (Å²) in [5.74, 6) is -1.43. The molecule has 0 bridgehead atoms. The fourth-order valence-corrected chi connectivity index (χ4v) is 4.52. The molecule has 0 radical (unpaired) electrons. The summed E-state index contributed by atoms with van der Waals surface area (Å²) in [6, 6.07) is 2.02. The van der Waals surface area contributed by atoms with E-state index in [1.54, 1.807) is 0 Å². The van der Waals surface area contributed by atoms with Crippen LogP contribution in [0.25, 0.3) is 6.08 Å². The summed E-state index contributed by atoms with van der Waals surface area (Å²) in [5.41, 5.74) is 0.535. The van der Waals surface area contributed by atoms with Crippen LogP contribution < -0.4 is 0 Å². The van der Waals surface area contributed by atoms with Crippen LogP contribution >= 0.6 is 34.8 Å². The molecule has 1 aliphatic rings. The number of aliphatic carboxylic acids is 1. The Hall–Kier alpha value is -0.790. The number of carboxylic acids is 1. The van der Waals surface area contributed by atoms with Crippen molar-refractivity contribution in [1.29, 1.82) is 0 Å². The Kier molecular flexibility index (Phi) is 5.97. The Morgan fingerprint density at radius 1 is 1.26 bits per heavy atom. The van der Waals surface area contributed by atoms with E-state index >= 15 is 0 Å². The van der Waals surface area contributed by atoms with Gasteiger partial charge in [0.15, 0.2) is 0 Å². The fourth-order valence-electron chi connectivity index (χ4n) is 2.38. The van der Waals surface area contributed by atoms with Gasteiger partial charge in [0.1, 0.15) is 6.04 Å². The lowest BCUT2D eigenvalue weighted by Crippen LogP contribution is -2.41. The number of rotatable bonds is 5. The van der Waals surface area contributed by atoms with Gasteiger partial charge in [0.25, 0.3) is 0 Å². The smallest absolute Gasteiger partial charge is 0.322 e. The monoisotopic (exact) mass is 397 g/mol. The Morgan fingerprint density at radius 2 is 1.91 bits per heavy atom. The molecule has 1 aromatic rings. The van der Waals surface area contributed by atoms with Crippen molar-refractivity contribution in [3.63, 3.8) is 0 Å². The van der Waals surface area contributed by atoms with Gasteiger partial charge < -0.3 is 5.11 Å². The van der Waals surface area contributed by atoms with Crippen molar-refractivity contribution in [3.05, 3.63) is 38.8 Å². The molecule has 23 heavy (non-hydrogen) atoms. The van der Waals surface area contributed by atoms with Crippen LogP contribution in [-0.2, 0) is 14.8 Å². The van der Waals surface area contributed by atoms with Gasteiger partial charge in [0.2, 0.25) is 10.0 Å². The summed E-state index contributed by atoms with van der Waals surface area (Å²) >= 11 is 17.7. The first kappa shape index (κ1) is 18.5. The number of halogens is 3. The lowest BCUT2D eigenvalue weighted by Gasteiger charge is -2.19. The molecule has 9 heteroatoms. The fraction of sp³-hybridized carbons (Fsp3) is 0.357. The molecule has 1 fully saturated rings. The average Bonchev–Trinajstić information content (AvgIpc) is 2.94. The lowest BCUT2D eigenvalue weighted by atomic mass is 10.2. The first-order valence-electron chi connectivity index (χ1n) is 6.76. The quantitative estimate of drug-likeness (QED) is 0.770. The van der Waals surface area contributed by atoms with Crippen LogP contribution in [0.3, 0.4) is 0 Å². The molecule has 0 amide bonds. The molecule has 1 aliphatic heterocycles. The number of hydrogen-bond acceptors (Lipinski definition) is 3. The van der Waals surface area contributed by atoms with Crippen molar-refractivity contribution in [1.82, 2.24) is 4.31 Å². The number of carbonyl (C=O) groups is 1. The van der Waals surface area contributed by atoms with E-state index < -0.39 is 22.0 Å². The molecule has 5 nitrogen and oxygen atoms in total. The zero-order chi connectivity index (χ0) is 17.2. The van der Waals surface area contributed by atoms with Crippen LogP contribution in [0.4, 0.5) is 0 Å². The highest BCUT2D eigenvalue weighted by molar-refractivity contribution is 7.89. The van der Waals surface area contributed by atoms with E-state index in [0.717, 1.165) is 4.31 Å². The largest absolute Gasteiger partial charge is 0.480 e. The highest BCUT2D eigenvalue weighted by Crippen LogP contribution is 2.29. The minimum Gasteiger partial charge on any atom is -0.480 e. The molecule has 0 unspecified atom stereocenters. The summed E-state index contributed by atoms with van der Waals surface area (Å²) < 4.78 is 25.6. The summed E-state index contributed by atoms with van der Waals surface area (Å²) in [6.45, 7) is 0.223. The number of benzene rings is 1. The van der Waals surface area contributed by atoms with Gasteiger partial charge in [-0.2, -0.15) is 4.31 Å². The van der Waals surface area contributed by atoms with Crippen LogP contribution in [-0.4, -0.2) is 42.1 Å². The topological polar surface area (TPSA) is 74.7 Å². The lowest BCUT2D eigenvalue weighted by molar-refractivity contribution is -0.140. The first-order valence-corrected chi connectivity index (χ1v) is 9.50. The maximum atomic E-state index is 12.3. The standard InChI is InChI=1S/C14H14Cl3NO4S/c15-10-8-12(17)11(16)7-9(10)3-2-6-23(21,22)18-5-1-4-13(18)14(19)20/h2-3,7-8,13H,1,4-6H2,(H,19,20)/t13-/m0/s1. The van der Waals surface area contributed by atoms with E-state index in [9.17, 15) is 13.2 Å². The third-order valence-corrected chi connectivity index (χ3v) is 6.30. The number of nitrogens with zero attached hydrogens (tertiary/aromatic N) is 1. The molecule has 126 valence electrons. The van der Waals surface area contributed by atoms with Gasteiger partial charge in [-0.25, -0.2) is 8.42 Å². The maximum absolute atomic E-state index is 12.3. The normalized spacial score (nSPS) is 19.5. The number of hydrogen-bond donors (Lipinski definition) is 1. The second-order valence-electron chi connectivity index (χ2n) is 5.08. The second-order valence-corrected chi connectivity index (χ2v) is 8.26. The van der Waals surface area contributed by atoms with Crippen LogP contribution in [0.2, 0.25) is 15.1 Å². The molecule has 0 saturated carbocycles. The molecule has 1 N–H and O–H groups in total. The summed E-state index contributed by atoms with van der Waals surface area (Å²) in [7, 11) is -3.69. The zero-order valence-electron chi connectivity index (χ0n) is 11.9. The molecule has 1 heterocycles. The Balaban J connectivity index is 2.13.